The summed E-state index contributed by atoms with van der Waals surface area (Å²) >= 11 is 0. The molecule has 0 bridgehead atoms. The minimum absolute atomic E-state index is 0.519. The monoisotopic (exact) mass is 201 g/mol. The van der Waals surface area contributed by atoms with E-state index in [9.17, 15) is 8.42 Å². The Labute approximate surface area is 79.6 Å². The highest BCUT2D eigenvalue weighted by molar-refractivity contribution is 7.88. The second kappa shape index (κ2) is 3.54. The summed E-state index contributed by atoms with van der Waals surface area (Å²) < 4.78 is 24.3. The third-order valence-electron chi connectivity index (χ3n) is 2.16. The van der Waals surface area contributed by atoms with Crippen LogP contribution in [0.3, 0.4) is 0 Å². The van der Waals surface area contributed by atoms with Crippen LogP contribution in [0.25, 0.3) is 0 Å². The first kappa shape index (κ1) is 10.3. The molecule has 0 radical (unpaired) electrons. The van der Waals surface area contributed by atoms with E-state index < -0.39 is 10.0 Å². The standard InChI is InChI=1S/C9H15NO2S/c1-7-4-5-9(6-8(7)2)10-13(3,11)12/h5-7,10H,4H2,1-3H3. The van der Waals surface area contributed by atoms with Gasteiger partial charge in [0.05, 0.1) is 6.26 Å². The maximum absolute atomic E-state index is 10.9. The van der Waals surface area contributed by atoms with E-state index in [0.717, 1.165) is 12.7 Å². The highest BCUT2D eigenvalue weighted by atomic mass is 32.2. The van der Waals surface area contributed by atoms with Crippen molar-refractivity contribution in [1.82, 2.24) is 4.72 Å². The van der Waals surface area contributed by atoms with Crippen molar-refractivity contribution in [3.05, 3.63) is 23.4 Å². The van der Waals surface area contributed by atoms with Gasteiger partial charge in [-0.2, -0.15) is 0 Å². The Morgan fingerprint density at radius 1 is 1.54 bits per heavy atom. The number of rotatable bonds is 2. The van der Waals surface area contributed by atoms with Crippen LogP contribution in [-0.2, 0) is 10.0 Å². The van der Waals surface area contributed by atoms with Crippen LogP contribution >= 0.6 is 0 Å². The van der Waals surface area contributed by atoms with Crippen LogP contribution in [0.4, 0.5) is 0 Å². The van der Waals surface area contributed by atoms with E-state index in [1.54, 1.807) is 0 Å². The predicted octanol–water partition coefficient (Wildman–Crippen LogP) is 1.41. The first-order chi connectivity index (χ1) is 5.88. The lowest BCUT2D eigenvalue weighted by atomic mass is 9.94. The van der Waals surface area contributed by atoms with Crippen molar-refractivity contribution in [3.8, 4) is 0 Å². The van der Waals surface area contributed by atoms with Gasteiger partial charge in [0, 0.05) is 5.70 Å². The lowest BCUT2D eigenvalue weighted by molar-refractivity contribution is 0.594. The van der Waals surface area contributed by atoms with E-state index in [0.29, 0.717) is 11.6 Å². The van der Waals surface area contributed by atoms with Gasteiger partial charge in [0.15, 0.2) is 0 Å². The van der Waals surface area contributed by atoms with Gasteiger partial charge in [0.1, 0.15) is 0 Å². The third kappa shape index (κ3) is 3.22. The van der Waals surface area contributed by atoms with E-state index in [2.05, 4.69) is 11.6 Å². The Balaban J connectivity index is 2.76. The molecule has 1 rings (SSSR count). The Morgan fingerprint density at radius 3 is 2.62 bits per heavy atom. The molecule has 0 fully saturated rings. The van der Waals surface area contributed by atoms with Gasteiger partial charge in [-0.25, -0.2) is 8.42 Å². The molecule has 0 aromatic rings. The first-order valence-corrected chi connectivity index (χ1v) is 6.14. The first-order valence-electron chi connectivity index (χ1n) is 4.24. The Hall–Kier alpha value is -0.770. The molecule has 74 valence electrons. The maximum atomic E-state index is 10.9. The van der Waals surface area contributed by atoms with Crippen molar-refractivity contribution in [2.24, 2.45) is 5.92 Å². The van der Waals surface area contributed by atoms with Crippen LogP contribution in [0.1, 0.15) is 20.3 Å². The van der Waals surface area contributed by atoms with E-state index in [1.165, 1.54) is 5.57 Å². The molecule has 1 atom stereocenters. The molecule has 0 aliphatic heterocycles. The van der Waals surface area contributed by atoms with Gasteiger partial charge in [0.2, 0.25) is 10.0 Å². The van der Waals surface area contributed by atoms with Crippen molar-refractivity contribution in [1.29, 1.82) is 0 Å². The van der Waals surface area contributed by atoms with Crippen LogP contribution in [0.15, 0.2) is 23.4 Å². The van der Waals surface area contributed by atoms with Crippen LogP contribution in [0.2, 0.25) is 0 Å². The van der Waals surface area contributed by atoms with Crippen molar-refractivity contribution in [2.75, 3.05) is 6.26 Å². The summed E-state index contributed by atoms with van der Waals surface area (Å²) in [7, 11) is -3.13. The molecule has 13 heavy (non-hydrogen) atoms. The molecular formula is C9H15NO2S. The average molecular weight is 201 g/mol. The smallest absolute Gasteiger partial charge is 0.229 e. The van der Waals surface area contributed by atoms with E-state index in [1.807, 2.05) is 19.1 Å². The molecule has 1 aliphatic carbocycles. The molecule has 0 heterocycles. The molecule has 3 nitrogen and oxygen atoms in total. The molecule has 1 aliphatic rings. The summed E-state index contributed by atoms with van der Waals surface area (Å²) in [5.41, 5.74) is 1.91. The summed E-state index contributed by atoms with van der Waals surface area (Å²) in [6.07, 6.45) is 5.86. The van der Waals surface area contributed by atoms with E-state index in [4.69, 9.17) is 0 Å². The topological polar surface area (TPSA) is 46.2 Å². The van der Waals surface area contributed by atoms with Gasteiger partial charge < -0.3 is 0 Å². The van der Waals surface area contributed by atoms with Crippen LogP contribution in [-0.4, -0.2) is 14.7 Å². The molecule has 0 aromatic carbocycles. The second-order valence-electron chi connectivity index (χ2n) is 3.56. The van der Waals surface area contributed by atoms with Crippen LogP contribution in [0.5, 0.6) is 0 Å². The largest absolute Gasteiger partial charge is 0.284 e. The number of allylic oxidation sites excluding steroid dienone is 3. The number of hydrogen-bond donors (Lipinski definition) is 1. The zero-order valence-electron chi connectivity index (χ0n) is 8.16. The summed E-state index contributed by atoms with van der Waals surface area (Å²) in [5.74, 6) is 0.519. The van der Waals surface area contributed by atoms with Crippen molar-refractivity contribution < 1.29 is 8.42 Å². The second-order valence-corrected chi connectivity index (χ2v) is 5.31. The maximum Gasteiger partial charge on any atom is 0.229 e. The fourth-order valence-electron chi connectivity index (χ4n) is 1.22. The molecule has 0 spiro atoms. The molecule has 0 saturated heterocycles. The summed E-state index contributed by atoms with van der Waals surface area (Å²) in [6.45, 7) is 4.14. The fraction of sp³-hybridized carbons (Fsp3) is 0.556. The van der Waals surface area contributed by atoms with Gasteiger partial charge in [0.25, 0.3) is 0 Å². The van der Waals surface area contributed by atoms with Gasteiger partial charge in [-0.3, -0.25) is 4.72 Å². The summed E-state index contributed by atoms with van der Waals surface area (Å²) in [5, 5.41) is 0. The molecule has 1 unspecified atom stereocenters. The van der Waals surface area contributed by atoms with Crippen molar-refractivity contribution in [2.45, 2.75) is 20.3 Å². The van der Waals surface area contributed by atoms with Gasteiger partial charge >= 0.3 is 0 Å². The highest BCUT2D eigenvalue weighted by Crippen LogP contribution is 2.21. The minimum atomic E-state index is -3.13. The molecule has 0 aromatic heterocycles. The number of hydrogen-bond acceptors (Lipinski definition) is 2. The Bertz CT molecular complexity index is 352. The Kier molecular flexibility index (Phi) is 2.81. The zero-order chi connectivity index (χ0) is 10.1. The number of sulfonamides is 1. The molecule has 0 saturated carbocycles. The third-order valence-corrected chi connectivity index (χ3v) is 2.76. The lowest BCUT2D eigenvalue weighted by Gasteiger charge is -2.17. The van der Waals surface area contributed by atoms with E-state index in [-0.39, 0.29) is 0 Å². The Morgan fingerprint density at radius 2 is 2.15 bits per heavy atom. The zero-order valence-corrected chi connectivity index (χ0v) is 8.98. The minimum Gasteiger partial charge on any atom is -0.284 e. The summed E-state index contributed by atoms with van der Waals surface area (Å²) in [6, 6.07) is 0. The SMILES string of the molecule is CC1=CC(NS(C)(=O)=O)=CCC1C. The normalized spacial score (nSPS) is 23.5. The lowest BCUT2D eigenvalue weighted by Crippen LogP contribution is -2.22. The van der Waals surface area contributed by atoms with Crippen LogP contribution in [0, 0.1) is 5.92 Å². The molecule has 0 amide bonds. The fourth-order valence-corrected chi connectivity index (χ4v) is 1.79. The predicted molar refractivity (Wildman–Crippen MR) is 53.6 cm³/mol. The van der Waals surface area contributed by atoms with Crippen molar-refractivity contribution in [3.63, 3.8) is 0 Å². The molecular weight excluding hydrogens is 186 g/mol. The van der Waals surface area contributed by atoms with Crippen LogP contribution < -0.4 is 4.72 Å². The van der Waals surface area contributed by atoms with Gasteiger partial charge in [-0.1, -0.05) is 18.6 Å². The highest BCUT2D eigenvalue weighted by Gasteiger charge is 2.11. The molecule has 1 N–H and O–H groups in total. The van der Waals surface area contributed by atoms with Gasteiger partial charge in [-0.15, -0.1) is 0 Å². The quantitative estimate of drug-likeness (QED) is 0.734. The number of nitrogens with one attached hydrogen (secondary N) is 1. The van der Waals surface area contributed by atoms with Gasteiger partial charge in [-0.05, 0) is 25.3 Å². The molecule has 4 heteroatoms. The van der Waals surface area contributed by atoms with E-state index >= 15 is 0 Å². The van der Waals surface area contributed by atoms with Crippen molar-refractivity contribution >= 4 is 10.0 Å². The average Bonchev–Trinajstić information content (AvgIpc) is 1.94. The summed E-state index contributed by atoms with van der Waals surface area (Å²) in [4.78, 5) is 0.